The summed E-state index contributed by atoms with van der Waals surface area (Å²) in [5, 5.41) is 11.1. The lowest BCUT2D eigenvalue weighted by atomic mass is 9.95. The first-order valence-corrected chi connectivity index (χ1v) is 9.77. The Morgan fingerprint density at radius 3 is 2.68 bits per heavy atom. The van der Waals surface area contributed by atoms with Crippen molar-refractivity contribution in [1.29, 1.82) is 0 Å². The van der Waals surface area contributed by atoms with E-state index in [4.69, 9.17) is 4.74 Å². The summed E-state index contributed by atoms with van der Waals surface area (Å²) >= 11 is 0. The SMILES string of the molecule is O=C1C(=O)N(c2ccc(F)cc2)C(c2cccnc2)/C1=C(/O)c1ccc2c(c1)CCO2. The van der Waals surface area contributed by atoms with Crippen molar-refractivity contribution >= 4 is 23.1 Å². The predicted octanol–water partition coefficient (Wildman–Crippen LogP) is 3.78. The number of ether oxygens (including phenoxy) is 1. The third kappa shape index (κ3) is 3.15. The second-order valence-corrected chi connectivity index (χ2v) is 7.35. The molecule has 1 saturated heterocycles. The van der Waals surface area contributed by atoms with Crippen LogP contribution in [0.1, 0.15) is 22.7 Å². The van der Waals surface area contributed by atoms with Gasteiger partial charge in [-0.1, -0.05) is 6.07 Å². The van der Waals surface area contributed by atoms with Crippen molar-refractivity contribution in [2.75, 3.05) is 11.5 Å². The first kappa shape index (κ1) is 19.0. The monoisotopic (exact) mass is 416 g/mol. The number of hydrogen-bond donors (Lipinski definition) is 1. The molecule has 0 bridgehead atoms. The zero-order chi connectivity index (χ0) is 21.5. The molecule has 1 aromatic heterocycles. The summed E-state index contributed by atoms with van der Waals surface area (Å²) in [5.41, 5.74) is 2.21. The van der Waals surface area contributed by atoms with Crippen molar-refractivity contribution < 1.29 is 23.8 Å². The maximum absolute atomic E-state index is 13.5. The highest BCUT2D eigenvalue weighted by Crippen LogP contribution is 2.42. The van der Waals surface area contributed by atoms with Crippen molar-refractivity contribution in [3.8, 4) is 5.75 Å². The van der Waals surface area contributed by atoms with E-state index < -0.39 is 23.5 Å². The van der Waals surface area contributed by atoms with Crippen LogP contribution >= 0.6 is 0 Å². The molecule has 5 rings (SSSR count). The molecule has 1 fully saturated rings. The molecule has 1 unspecified atom stereocenters. The Morgan fingerprint density at radius 1 is 1.13 bits per heavy atom. The van der Waals surface area contributed by atoms with Gasteiger partial charge in [-0.3, -0.25) is 19.5 Å². The average Bonchev–Trinajstić information content (AvgIpc) is 3.37. The molecule has 7 heteroatoms. The number of anilines is 1. The Balaban J connectivity index is 1.69. The van der Waals surface area contributed by atoms with E-state index in [0.29, 0.717) is 29.8 Å². The summed E-state index contributed by atoms with van der Waals surface area (Å²) in [6.45, 7) is 0.560. The molecular formula is C24H17FN2O4. The molecule has 31 heavy (non-hydrogen) atoms. The topological polar surface area (TPSA) is 79.7 Å². The Morgan fingerprint density at radius 2 is 1.94 bits per heavy atom. The number of carbonyl (C=O) groups excluding carboxylic acids is 2. The molecule has 154 valence electrons. The van der Waals surface area contributed by atoms with Crippen LogP contribution in [-0.2, 0) is 16.0 Å². The van der Waals surface area contributed by atoms with Gasteiger partial charge in [0.25, 0.3) is 11.7 Å². The van der Waals surface area contributed by atoms with Crippen molar-refractivity contribution in [2.45, 2.75) is 12.5 Å². The summed E-state index contributed by atoms with van der Waals surface area (Å²) in [5.74, 6) is -1.60. The number of Topliss-reactive ketones (excluding diaryl/α,β-unsaturated/α-hetero) is 1. The molecule has 2 aromatic carbocycles. The van der Waals surface area contributed by atoms with E-state index in [1.165, 1.54) is 35.4 Å². The molecule has 3 aromatic rings. The molecule has 0 spiro atoms. The summed E-state index contributed by atoms with van der Waals surface area (Å²) in [4.78, 5) is 31.4. The van der Waals surface area contributed by atoms with Gasteiger partial charge in [-0.15, -0.1) is 0 Å². The molecule has 0 aliphatic carbocycles. The number of aliphatic hydroxyl groups is 1. The van der Waals surface area contributed by atoms with Crippen molar-refractivity contribution in [3.63, 3.8) is 0 Å². The number of hydrogen-bond acceptors (Lipinski definition) is 5. The van der Waals surface area contributed by atoms with Crippen molar-refractivity contribution in [1.82, 2.24) is 4.98 Å². The highest BCUT2D eigenvalue weighted by molar-refractivity contribution is 6.51. The quantitative estimate of drug-likeness (QED) is 0.399. The zero-order valence-electron chi connectivity index (χ0n) is 16.3. The van der Waals surface area contributed by atoms with Gasteiger partial charge in [0.05, 0.1) is 18.2 Å². The molecule has 1 N–H and O–H groups in total. The molecule has 0 saturated carbocycles. The minimum absolute atomic E-state index is 0.0406. The van der Waals surface area contributed by atoms with Crippen LogP contribution < -0.4 is 9.64 Å². The Kier molecular flexibility index (Phi) is 4.51. The number of fused-ring (bicyclic) bond motifs is 1. The van der Waals surface area contributed by atoms with Gasteiger partial charge in [0, 0.05) is 30.1 Å². The first-order chi connectivity index (χ1) is 15.0. The zero-order valence-corrected chi connectivity index (χ0v) is 16.3. The molecule has 2 aliphatic heterocycles. The maximum atomic E-state index is 13.5. The van der Waals surface area contributed by atoms with Gasteiger partial charge in [-0.25, -0.2) is 4.39 Å². The number of aromatic nitrogens is 1. The van der Waals surface area contributed by atoms with Crippen molar-refractivity contribution in [2.24, 2.45) is 0 Å². The fourth-order valence-electron chi connectivity index (χ4n) is 4.04. The molecule has 0 radical (unpaired) electrons. The van der Waals surface area contributed by atoms with Gasteiger partial charge in [0.15, 0.2) is 0 Å². The highest BCUT2D eigenvalue weighted by atomic mass is 19.1. The summed E-state index contributed by atoms with van der Waals surface area (Å²) in [6.07, 6.45) is 3.82. The number of carbonyl (C=O) groups is 2. The minimum Gasteiger partial charge on any atom is -0.507 e. The van der Waals surface area contributed by atoms with Crippen LogP contribution in [0.25, 0.3) is 5.76 Å². The van der Waals surface area contributed by atoms with Crippen LogP contribution in [0.2, 0.25) is 0 Å². The number of aliphatic hydroxyl groups excluding tert-OH is 1. The number of pyridine rings is 1. The minimum atomic E-state index is -0.899. The lowest BCUT2D eigenvalue weighted by Crippen LogP contribution is -2.29. The maximum Gasteiger partial charge on any atom is 0.300 e. The van der Waals surface area contributed by atoms with Gasteiger partial charge in [0.2, 0.25) is 0 Å². The van der Waals surface area contributed by atoms with Crippen molar-refractivity contribution in [3.05, 3.63) is 95.1 Å². The molecule has 2 aliphatic rings. The van der Waals surface area contributed by atoms with E-state index >= 15 is 0 Å². The van der Waals surface area contributed by atoms with Gasteiger partial charge in [-0.2, -0.15) is 0 Å². The number of amides is 1. The van der Waals surface area contributed by atoms with Gasteiger partial charge < -0.3 is 9.84 Å². The third-order valence-electron chi connectivity index (χ3n) is 5.51. The van der Waals surface area contributed by atoms with Crippen LogP contribution in [0.4, 0.5) is 10.1 Å². The number of rotatable bonds is 3. The van der Waals surface area contributed by atoms with Crippen LogP contribution in [0.5, 0.6) is 5.75 Å². The van der Waals surface area contributed by atoms with Crippen LogP contribution in [-0.4, -0.2) is 28.4 Å². The van der Waals surface area contributed by atoms with E-state index in [0.717, 1.165) is 11.3 Å². The van der Waals surface area contributed by atoms with Crippen LogP contribution in [0.3, 0.4) is 0 Å². The van der Waals surface area contributed by atoms with Crippen LogP contribution in [0, 0.1) is 5.82 Å². The number of nitrogens with zero attached hydrogens (tertiary/aromatic N) is 2. The van der Waals surface area contributed by atoms with E-state index in [1.54, 1.807) is 36.5 Å². The van der Waals surface area contributed by atoms with Gasteiger partial charge >= 0.3 is 0 Å². The Hall–Kier alpha value is -4.00. The molecule has 6 nitrogen and oxygen atoms in total. The third-order valence-corrected chi connectivity index (χ3v) is 5.51. The largest absolute Gasteiger partial charge is 0.507 e. The standard InChI is InChI=1S/C24H17FN2O4/c25-17-4-6-18(7-5-17)27-21(16-2-1-10-26-13-16)20(23(29)24(27)30)22(28)15-3-8-19-14(12-15)9-11-31-19/h1-8,10,12-13,21,28H,9,11H2/b22-20-. The number of benzene rings is 2. The smallest absolute Gasteiger partial charge is 0.300 e. The van der Waals surface area contributed by atoms with E-state index in [-0.39, 0.29) is 11.3 Å². The molecule has 1 atom stereocenters. The van der Waals surface area contributed by atoms with Gasteiger partial charge in [-0.05, 0) is 59.7 Å². The Labute approximate surface area is 177 Å². The van der Waals surface area contributed by atoms with Crippen LogP contribution in [0.15, 0.2) is 72.6 Å². The lowest BCUT2D eigenvalue weighted by molar-refractivity contribution is -0.132. The fourth-order valence-corrected chi connectivity index (χ4v) is 4.04. The van der Waals surface area contributed by atoms with E-state index in [1.807, 2.05) is 0 Å². The normalized spacial score (nSPS) is 19.4. The number of halogens is 1. The second-order valence-electron chi connectivity index (χ2n) is 7.35. The lowest BCUT2D eigenvalue weighted by Gasteiger charge is -2.25. The number of ketones is 1. The Bertz CT molecular complexity index is 1220. The fraction of sp³-hybridized carbons (Fsp3) is 0.125. The summed E-state index contributed by atoms with van der Waals surface area (Å²) in [7, 11) is 0. The average molecular weight is 416 g/mol. The summed E-state index contributed by atoms with van der Waals surface area (Å²) < 4.78 is 19.0. The van der Waals surface area contributed by atoms with E-state index in [9.17, 15) is 19.1 Å². The molecule has 3 heterocycles. The summed E-state index contributed by atoms with van der Waals surface area (Å²) in [6, 6.07) is 13.0. The molecule has 1 amide bonds. The van der Waals surface area contributed by atoms with Gasteiger partial charge in [0.1, 0.15) is 17.3 Å². The second kappa shape index (κ2) is 7.36. The van der Waals surface area contributed by atoms with E-state index in [2.05, 4.69) is 4.98 Å². The predicted molar refractivity (Wildman–Crippen MR) is 111 cm³/mol. The molecular weight excluding hydrogens is 399 g/mol. The first-order valence-electron chi connectivity index (χ1n) is 9.77. The highest BCUT2D eigenvalue weighted by Gasteiger charge is 2.47.